The zero-order chi connectivity index (χ0) is 10.4. The summed E-state index contributed by atoms with van der Waals surface area (Å²) in [4.78, 5) is 2.50. The van der Waals surface area contributed by atoms with E-state index in [1.54, 1.807) is 0 Å². The van der Waals surface area contributed by atoms with Crippen molar-refractivity contribution >= 4 is 0 Å². The molecule has 1 aliphatic heterocycles. The number of rotatable bonds is 6. The summed E-state index contributed by atoms with van der Waals surface area (Å²) in [6, 6.07) is 0. The first-order valence-electron chi connectivity index (χ1n) is 6.12. The monoisotopic (exact) mass is 198 g/mol. The quantitative estimate of drug-likeness (QED) is 0.703. The maximum absolute atomic E-state index is 3.52. The molecule has 0 amide bonds. The summed E-state index contributed by atoms with van der Waals surface area (Å²) >= 11 is 0. The standard InChI is InChI=1S/C12H26N2/c1-4-6-12(7-8-13-10-12)11-14(3)9-5-2/h13H,4-11H2,1-3H3. The van der Waals surface area contributed by atoms with Crippen LogP contribution in [0.3, 0.4) is 0 Å². The second kappa shape index (κ2) is 5.72. The smallest absolute Gasteiger partial charge is 0.00476 e. The molecule has 1 heterocycles. The van der Waals surface area contributed by atoms with Crippen molar-refractivity contribution in [3.05, 3.63) is 0 Å². The van der Waals surface area contributed by atoms with Crippen LogP contribution in [0.2, 0.25) is 0 Å². The van der Waals surface area contributed by atoms with E-state index in [0.29, 0.717) is 5.41 Å². The number of hydrogen-bond acceptors (Lipinski definition) is 2. The summed E-state index contributed by atoms with van der Waals surface area (Å²) in [5.41, 5.74) is 0.582. The van der Waals surface area contributed by atoms with Crippen molar-refractivity contribution in [2.24, 2.45) is 5.41 Å². The average Bonchev–Trinajstić information content (AvgIpc) is 2.54. The Hall–Kier alpha value is -0.0800. The first kappa shape index (κ1) is 12.0. The molecule has 0 aromatic rings. The van der Waals surface area contributed by atoms with Gasteiger partial charge in [0, 0.05) is 13.1 Å². The third-order valence-electron chi connectivity index (χ3n) is 3.32. The summed E-state index contributed by atoms with van der Waals surface area (Å²) in [5.74, 6) is 0. The Morgan fingerprint density at radius 2 is 2.07 bits per heavy atom. The van der Waals surface area contributed by atoms with Gasteiger partial charge in [-0.25, -0.2) is 0 Å². The van der Waals surface area contributed by atoms with Crippen molar-refractivity contribution in [3.63, 3.8) is 0 Å². The summed E-state index contributed by atoms with van der Waals surface area (Å²) in [6.45, 7) is 9.54. The summed E-state index contributed by atoms with van der Waals surface area (Å²) in [7, 11) is 2.26. The molecule has 0 aliphatic carbocycles. The molecule has 1 unspecified atom stereocenters. The van der Waals surface area contributed by atoms with Gasteiger partial charge in [-0.2, -0.15) is 0 Å². The molecule has 1 rings (SSSR count). The van der Waals surface area contributed by atoms with E-state index in [4.69, 9.17) is 0 Å². The van der Waals surface area contributed by atoms with Crippen LogP contribution in [0.5, 0.6) is 0 Å². The Kier molecular flexibility index (Phi) is 4.90. The van der Waals surface area contributed by atoms with Gasteiger partial charge in [0.1, 0.15) is 0 Å². The number of hydrogen-bond donors (Lipinski definition) is 1. The van der Waals surface area contributed by atoms with Crippen molar-refractivity contribution < 1.29 is 0 Å². The van der Waals surface area contributed by atoms with Gasteiger partial charge in [-0.05, 0) is 44.8 Å². The molecule has 1 aliphatic rings. The second-order valence-corrected chi connectivity index (χ2v) is 4.91. The minimum Gasteiger partial charge on any atom is -0.316 e. The molecule has 84 valence electrons. The Morgan fingerprint density at radius 3 is 2.57 bits per heavy atom. The largest absolute Gasteiger partial charge is 0.316 e. The van der Waals surface area contributed by atoms with E-state index in [9.17, 15) is 0 Å². The summed E-state index contributed by atoms with van der Waals surface area (Å²) < 4.78 is 0. The maximum Gasteiger partial charge on any atom is 0.00476 e. The average molecular weight is 198 g/mol. The third kappa shape index (κ3) is 3.25. The molecule has 0 spiro atoms. The van der Waals surface area contributed by atoms with Crippen LogP contribution in [0.15, 0.2) is 0 Å². The van der Waals surface area contributed by atoms with Crippen LogP contribution in [-0.2, 0) is 0 Å². The van der Waals surface area contributed by atoms with E-state index in [-0.39, 0.29) is 0 Å². The predicted molar refractivity (Wildman–Crippen MR) is 62.6 cm³/mol. The first-order valence-corrected chi connectivity index (χ1v) is 6.12. The first-order chi connectivity index (χ1) is 6.72. The molecular formula is C12H26N2. The molecule has 1 N–H and O–H groups in total. The van der Waals surface area contributed by atoms with E-state index in [1.807, 2.05) is 0 Å². The van der Waals surface area contributed by atoms with Gasteiger partial charge in [0.2, 0.25) is 0 Å². The molecule has 0 saturated carbocycles. The molecule has 2 heteroatoms. The van der Waals surface area contributed by atoms with E-state index in [0.717, 1.165) is 0 Å². The fourth-order valence-corrected chi connectivity index (χ4v) is 2.79. The van der Waals surface area contributed by atoms with Crippen molar-refractivity contribution in [2.45, 2.75) is 39.5 Å². The van der Waals surface area contributed by atoms with Crippen LogP contribution in [0.1, 0.15) is 39.5 Å². The van der Waals surface area contributed by atoms with E-state index >= 15 is 0 Å². The number of nitrogens with zero attached hydrogens (tertiary/aromatic N) is 1. The van der Waals surface area contributed by atoms with Gasteiger partial charge in [-0.1, -0.05) is 20.3 Å². The Labute approximate surface area is 89.1 Å². The molecule has 1 atom stereocenters. The van der Waals surface area contributed by atoms with Gasteiger partial charge in [0.15, 0.2) is 0 Å². The zero-order valence-electron chi connectivity index (χ0n) is 10.1. The van der Waals surface area contributed by atoms with E-state index < -0.39 is 0 Å². The van der Waals surface area contributed by atoms with Crippen LogP contribution in [0.25, 0.3) is 0 Å². The topological polar surface area (TPSA) is 15.3 Å². The van der Waals surface area contributed by atoms with Crippen molar-refractivity contribution in [1.29, 1.82) is 0 Å². The molecule has 0 bridgehead atoms. The normalized spacial score (nSPS) is 27.4. The van der Waals surface area contributed by atoms with E-state index in [2.05, 4.69) is 31.1 Å². The highest BCUT2D eigenvalue weighted by Crippen LogP contribution is 2.31. The molecule has 1 saturated heterocycles. The van der Waals surface area contributed by atoms with Gasteiger partial charge in [-0.15, -0.1) is 0 Å². The molecule has 0 radical (unpaired) electrons. The van der Waals surface area contributed by atoms with Crippen molar-refractivity contribution in [3.8, 4) is 0 Å². The molecular weight excluding hydrogens is 172 g/mol. The van der Waals surface area contributed by atoms with Crippen molar-refractivity contribution in [2.75, 3.05) is 33.2 Å². The highest BCUT2D eigenvalue weighted by molar-refractivity contribution is 4.89. The fourth-order valence-electron chi connectivity index (χ4n) is 2.79. The predicted octanol–water partition coefficient (Wildman–Crippen LogP) is 2.11. The fraction of sp³-hybridized carbons (Fsp3) is 1.00. The van der Waals surface area contributed by atoms with Gasteiger partial charge in [0.25, 0.3) is 0 Å². The highest BCUT2D eigenvalue weighted by atomic mass is 15.1. The van der Waals surface area contributed by atoms with Gasteiger partial charge in [-0.3, -0.25) is 0 Å². The molecule has 2 nitrogen and oxygen atoms in total. The Balaban J connectivity index is 2.42. The molecule has 0 aromatic carbocycles. The summed E-state index contributed by atoms with van der Waals surface area (Å²) in [5, 5.41) is 3.52. The SMILES string of the molecule is CCCN(C)CC1(CCC)CCNC1. The Morgan fingerprint density at radius 1 is 1.29 bits per heavy atom. The number of nitrogens with one attached hydrogen (secondary N) is 1. The van der Waals surface area contributed by atoms with Gasteiger partial charge >= 0.3 is 0 Å². The lowest BCUT2D eigenvalue weighted by atomic mass is 9.82. The van der Waals surface area contributed by atoms with Gasteiger partial charge < -0.3 is 10.2 Å². The lowest BCUT2D eigenvalue weighted by molar-refractivity contribution is 0.178. The van der Waals surface area contributed by atoms with E-state index in [1.165, 1.54) is 51.9 Å². The molecule has 14 heavy (non-hydrogen) atoms. The van der Waals surface area contributed by atoms with Crippen LogP contribution < -0.4 is 5.32 Å². The maximum atomic E-state index is 3.52. The van der Waals surface area contributed by atoms with Crippen LogP contribution in [-0.4, -0.2) is 38.1 Å². The van der Waals surface area contributed by atoms with Gasteiger partial charge in [0.05, 0.1) is 0 Å². The molecule has 1 fully saturated rings. The lowest BCUT2D eigenvalue weighted by Crippen LogP contribution is -2.37. The minimum atomic E-state index is 0.582. The van der Waals surface area contributed by atoms with Crippen LogP contribution in [0, 0.1) is 5.41 Å². The van der Waals surface area contributed by atoms with Crippen LogP contribution in [0.4, 0.5) is 0 Å². The van der Waals surface area contributed by atoms with Crippen LogP contribution >= 0.6 is 0 Å². The second-order valence-electron chi connectivity index (χ2n) is 4.91. The zero-order valence-corrected chi connectivity index (χ0v) is 10.1. The summed E-state index contributed by atoms with van der Waals surface area (Å²) in [6.07, 6.45) is 5.34. The van der Waals surface area contributed by atoms with Crippen molar-refractivity contribution in [1.82, 2.24) is 10.2 Å². The minimum absolute atomic E-state index is 0.582. The Bertz CT molecular complexity index is 150. The highest BCUT2D eigenvalue weighted by Gasteiger charge is 2.33. The molecule has 0 aromatic heterocycles. The third-order valence-corrected chi connectivity index (χ3v) is 3.32. The lowest BCUT2D eigenvalue weighted by Gasteiger charge is -2.32.